The smallest absolute Gasteiger partial charge is 0.136 e. The summed E-state index contributed by atoms with van der Waals surface area (Å²) in [4.78, 5) is 8.82. The molecule has 0 amide bonds. The van der Waals surface area contributed by atoms with Crippen LogP contribution in [0.15, 0.2) is 54.6 Å². The molecule has 3 rings (SSSR count). The van der Waals surface area contributed by atoms with Gasteiger partial charge in [0.05, 0.1) is 11.3 Å². The van der Waals surface area contributed by atoms with Crippen molar-refractivity contribution in [2.24, 2.45) is 0 Å². The van der Waals surface area contributed by atoms with Gasteiger partial charge in [0.25, 0.3) is 0 Å². The molecular formula is C19H17N5. The van der Waals surface area contributed by atoms with Gasteiger partial charge in [0, 0.05) is 11.8 Å². The van der Waals surface area contributed by atoms with Gasteiger partial charge in [-0.3, -0.25) is 0 Å². The average molecular weight is 315 g/mol. The lowest BCUT2D eigenvalue weighted by molar-refractivity contribution is 1.06. The van der Waals surface area contributed by atoms with Crippen molar-refractivity contribution in [1.29, 1.82) is 5.26 Å². The monoisotopic (exact) mass is 315 g/mol. The molecule has 0 atom stereocenters. The molecule has 1 aromatic heterocycles. The van der Waals surface area contributed by atoms with Crippen LogP contribution in [0.2, 0.25) is 0 Å². The SMILES string of the molecule is Cc1nc(Nc2ccccc2C)cc(Nc2ccccc2C#N)n1. The minimum atomic E-state index is 0.571. The summed E-state index contributed by atoms with van der Waals surface area (Å²) in [7, 11) is 0. The molecule has 1 heterocycles. The summed E-state index contributed by atoms with van der Waals surface area (Å²) >= 11 is 0. The predicted molar refractivity (Wildman–Crippen MR) is 95.7 cm³/mol. The quantitative estimate of drug-likeness (QED) is 0.744. The number of para-hydroxylation sites is 2. The van der Waals surface area contributed by atoms with Crippen molar-refractivity contribution in [2.45, 2.75) is 13.8 Å². The van der Waals surface area contributed by atoms with Crippen LogP contribution in [0.1, 0.15) is 17.0 Å². The molecule has 0 unspecified atom stereocenters. The van der Waals surface area contributed by atoms with Crippen LogP contribution >= 0.6 is 0 Å². The van der Waals surface area contributed by atoms with E-state index in [0.29, 0.717) is 23.0 Å². The standard InChI is InChI=1S/C19H17N5/c1-13-7-3-5-9-16(13)23-18-11-19(22-14(2)21-18)24-17-10-6-4-8-15(17)12-20/h3-11H,1-2H3,(H2,21,22,23,24). The van der Waals surface area contributed by atoms with E-state index < -0.39 is 0 Å². The zero-order valence-corrected chi connectivity index (χ0v) is 13.5. The van der Waals surface area contributed by atoms with Crippen molar-refractivity contribution in [3.63, 3.8) is 0 Å². The first-order valence-corrected chi connectivity index (χ1v) is 7.60. The summed E-state index contributed by atoms with van der Waals surface area (Å²) in [5.41, 5.74) is 3.43. The number of aryl methyl sites for hydroxylation is 2. The minimum absolute atomic E-state index is 0.571. The van der Waals surface area contributed by atoms with Gasteiger partial charge in [-0.2, -0.15) is 5.26 Å². The molecule has 2 aromatic carbocycles. The minimum Gasteiger partial charge on any atom is -0.340 e. The van der Waals surface area contributed by atoms with E-state index >= 15 is 0 Å². The highest BCUT2D eigenvalue weighted by molar-refractivity contribution is 5.68. The lowest BCUT2D eigenvalue weighted by Gasteiger charge is -2.12. The van der Waals surface area contributed by atoms with Crippen molar-refractivity contribution < 1.29 is 0 Å². The Bertz CT molecular complexity index is 912. The second kappa shape index (κ2) is 6.80. The molecule has 0 aliphatic heterocycles. The Morgan fingerprint density at radius 1 is 0.833 bits per heavy atom. The lowest BCUT2D eigenvalue weighted by Crippen LogP contribution is -2.02. The maximum absolute atomic E-state index is 9.20. The Morgan fingerprint density at radius 2 is 1.42 bits per heavy atom. The number of hydrogen-bond acceptors (Lipinski definition) is 5. The summed E-state index contributed by atoms with van der Waals surface area (Å²) < 4.78 is 0. The summed E-state index contributed by atoms with van der Waals surface area (Å²) in [5.74, 6) is 1.99. The molecule has 0 saturated heterocycles. The highest BCUT2D eigenvalue weighted by Crippen LogP contribution is 2.23. The van der Waals surface area contributed by atoms with Crippen LogP contribution in [-0.2, 0) is 0 Å². The van der Waals surface area contributed by atoms with Crippen molar-refractivity contribution >= 4 is 23.0 Å². The van der Waals surface area contributed by atoms with Gasteiger partial charge in [0.1, 0.15) is 23.5 Å². The van der Waals surface area contributed by atoms with Crippen LogP contribution < -0.4 is 10.6 Å². The lowest BCUT2D eigenvalue weighted by atomic mass is 10.2. The largest absolute Gasteiger partial charge is 0.340 e. The maximum Gasteiger partial charge on any atom is 0.136 e. The van der Waals surface area contributed by atoms with Gasteiger partial charge in [-0.15, -0.1) is 0 Å². The number of anilines is 4. The highest BCUT2D eigenvalue weighted by atomic mass is 15.1. The number of nitrogens with one attached hydrogen (secondary N) is 2. The van der Waals surface area contributed by atoms with E-state index in [1.54, 1.807) is 6.07 Å². The van der Waals surface area contributed by atoms with E-state index in [4.69, 9.17) is 0 Å². The van der Waals surface area contributed by atoms with Gasteiger partial charge >= 0.3 is 0 Å². The third-order valence-electron chi connectivity index (χ3n) is 3.56. The van der Waals surface area contributed by atoms with Crippen LogP contribution in [0.4, 0.5) is 23.0 Å². The topological polar surface area (TPSA) is 73.6 Å². The fourth-order valence-corrected chi connectivity index (χ4v) is 2.37. The summed E-state index contributed by atoms with van der Waals surface area (Å²) in [6, 6.07) is 19.3. The molecule has 0 saturated carbocycles. The number of nitrogens with zero attached hydrogens (tertiary/aromatic N) is 3. The van der Waals surface area contributed by atoms with Crippen LogP contribution in [0.25, 0.3) is 0 Å². The molecule has 0 spiro atoms. The number of rotatable bonds is 4. The molecule has 0 aliphatic rings. The first-order valence-electron chi connectivity index (χ1n) is 7.60. The number of benzene rings is 2. The molecule has 0 radical (unpaired) electrons. The van der Waals surface area contributed by atoms with Crippen molar-refractivity contribution in [3.8, 4) is 6.07 Å². The van der Waals surface area contributed by atoms with E-state index in [-0.39, 0.29) is 0 Å². The molecule has 0 bridgehead atoms. The van der Waals surface area contributed by atoms with Crippen LogP contribution in [0.5, 0.6) is 0 Å². The molecule has 5 heteroatoms. The zero-order valence-electron chi connectivity index (χ0n) is 13.5. The highest BCUT2D eigenvalue weighted by Gasteiger charge is 2.06. The molecule has 0 aliphatic carbocycles. The van der Waals surface area contributed by atoms with Gasteiger partial charge in [0.2, 0.25) is 0 Å². The first-order chi connectivity index (χ1) is 11.7. The van der Waals surface area contributed by atoms with Crippen molar-refractivity contribution in [3.05, 3.63) is 71.5 Å². The van der Waals surface area contributed by atoms with E-state index in [1.807, 2.05) is 62.4 Å². The van der Waals surface area contributed by atoms with E-state index in [2.05, 4.69) is 26.7 Å². The normalized spacial score (nSPS) is 10.0. The Balaban J connectivity index is 1.89. The molecule has 0 fully saturated rings. The Labute approximate surface area is 141 Å². The molecule has 5 nitrogen and oxygen atoms in total. The summed E-state index contributed by atoms with van der Waals surface area (Å²) in [6.07, 6.45) is 0. The van der Waals surface area contributed by atoms with Gasteiger partial charge in [-0.05, 0) is 37.6 Å². The van der Waals surface area contributed by atoms with Gasteiger partial charge in [-0.25, -0.2) is 9.97 Å². The molecule has 2 N–H and O–H groups in total. The number of aromatic nitrogens is 2. The van der Waals surface area contributed by atoms with Crippen LogP contribution in [0.3, 0.4) is 0 Å². The number of nitriles is 1. The second-order valence-corrected chi connectivity index (χ2v) is 5.41. The molecule has 118 valence electrons. The average Bonchev–Trinajstić information content (AvgIpc) is 2.57. The fraction of sp³-hybridized carbons (Fsp3) is 0.105. The third-order valence-corrected chi connectivity index (χ3v) is 3.56. The van der Waals surface area contributed by atoms with E-state index in [1.165, 1.54) is 0 Å². The maximum atomic E-state index is 9.20. The van der Waals surface area contributed by atoms with Gasteiger partial charge in [0.15, 0.2) is 0 Å². The van der Waals surface area contributed by atoms with E-state index in [9.17, 15) is 5.26 Å². The Morgan fingerprint density at radius 3 is 2.08 bits per heavy atom. The molecular weight excluding hydrogens is 298 g/mol. The second-order valence-electron chi connectivity index (χ2n) is 5.41. The van der Waals surface area contributed by atoms with Crippen molar-refractivity contribution in [1.82, 2.24) is 9.97 Å². The fourth-order valence-electron chi connectivity index (χ4n) is 2.37. The van der Waals surface area contributed by atoms with Crippen LogP contribution in [-0.4, -0.2) is 9.97 Å². The van der Waals surface area contributed by atoms with Gasteiger partial charge < -0.3 is 10.6 Å². The zero-order chi connectivity index (χ0) is 16.9. The Hall–Kier alpha value is -3.39. The third kappa shape index (κ3) is 3.50. The Kier molecular flexibility index (Phi) is 4.39. The summed E-state index contributed by atoms with van der Waals surface area (Å²) in [5, 5.41) is 15.7. The number of hydrogen-bond donors (Lipinski definition) is 2. The molecule has 3 aromatic rings. The predicted octanol–water partition coefficient (Wildman–Crippen LogP) is 4.45. The van der Waals surface area contributed by atoms with Gasteiger partial charge in [-0.1, -0.05) is 30.3 Å². The van der Waals surface area contributed by atoms with Crippen LogP contribution in [0, 0.1) is 25.2 Å². The summed E-state index contributed by atoms with van der Waals surface area (Å²) in [6.45, 7) is 3.88. The van der Waals surface area contributed by atoms with E-state index in [0.717, 1.165) is 16.9 Å². The molecule has 24 heavy (non-hydrogen) atoms. The first kappa shape index (κ1) is 15.5. The van der Waals surface area contributed by atoms with Crippen molar-refractivity contribution in [2.75, 3.05) is 10.6 Å².